The number of rotatable bonds is 5. The SMILES string of the molecule is O=C(Nc1ccn(S(=O)(=O)Cc2ccccc2Cl)c1)c1ccccn1. The normalized spacial score (nSPS) is 11.2. The lowest BCUT2D eigenvalue weighted by Gasteiger charge is -2.07. The van der Waals surface area contributed by atoms with Crippen LogP contribution < -0.4 is 5.32 Å². The predicted octanol–water partition coefficient (Wildman–Crippen LogP) is 3.17. The van der Waals surface area contributed by atoms with Crippen molar-refractivity contribution in [2.75, 3.05) is 5.32 Å². The Bertz CT molecular complexity index is 1000. The molecule has 0 aliphatic heterocycles. The number of carbonyl (C=O) groups is 1. The van der Waals surface area contributed by atoms with E-state index in [0.717, 1.165) is 3.97 Å². The zero-order chi connectivity index (χ0) is 17.9. The van der Waals surface area contributed by atoms with Crippen LogP contribution in [0.4, 0.5) is 5.69 Å². The monoisotopic (exact) mass is 375 g/mol. The molecule has 0 saturated carbocycles. The number of nitrogens with one attached hydrogen (secondary N) is 1. The summed E-state index contributed by atoms with van der Waals surface area (Å²) in [7, 11) is -3.65. The summed E-state index contributed by atoms with van der Waals surface area (Å²) in [5.41, 5.74) is 1.12. The molecule has 25 heavy (non-hydrogen) atoms. The fourth-order valence-electron chi connectivity index (χ4n) is 2.20. The number of nitrogens with zero attached hydrogens (tertiary/aromatic N) is 2. The van der Waals surface area contributed by atoms with Crippen LogP contribution in [0.25, 0.3) is 0 Å². The third kappa shape index (κ3) is 4.07. The molecule has 0 unspecified atom stereocenters. The van der Waals surface area contributed by atoms with Gasteiger partial charge in [0.2, 0.25) is 10.0 Å². The first-order valence-corrected chi connectivity index (χ1v) is 9.31. The van der Waals surface area contributed by atoms with Crippen molar-refractivity contribution in [3.8, 4) is 0 Å². The van der Waals surface area contributed by atoms with Gasteiger partial charge in [0.15, 0.2) is 0 Å². The third-order valence-electron chi connectivity index (χ3n) is 3.44. The summed E-state index contributed by atoms with van der Waals surface area (Å²) in [5, 5.41) is 3.00. The van der Waals surface area contributed by atoms with Gasteiger partial charge in [-0.1, -0.05) is 35.9 Å². The molecule has 0 saturated heterocycles. The molecule has 6 nitrogen and oxygen atoms in total. The summed E-state index contributed by atoms with van der Waals surface area (Å²) in [6.07, 6.45) is 4.22. The van der Waals surface area contributed by atoms with Crippen LogP contribution in [0.5, 0.6) is 0 Å². The Morgan fingerprint density at radius 1 is 1.12 bits per heavy atom. The Morgan fingerprint density at radius 3 is 2.60 bits per heavy atom. The number of halogens is 1. The maximum atomic E-state index is 12.5. The van der Waals surface area contributed by atoms with E-state index in [2.05, 4.69) is 10.3 Å². The molecule has 0 bridgehead atoms. The first-order valence-electron chi connectivity index (χ1n) is 7.33. The summed E-state index contributed by atoms with van der Waals surface area (Å²) >= 11 is 6.02. The minimum absolute atomic E-state index is 0.241. The summed E-state index contributed by atoms with van der Waals surface area (Å²) in [6.45, 7) is 0. The number of anilines is 1. The number of hydrogen-bond acceptors (Lipinski definition) is 4. The Balaban J connectivity index is 1.76. The summed E-state index contributed by atoms with van der Waals surface area (Å²) < 4.78 is 26.1. The van der Waals surface area contributed by atoms with E-state index in [1.54, 1.807) is 42.5 Å². The van der Waals surface area contributed by atoms with Gasteiger partial charge in [0.25, 0.3) is 5.91 Å². The fourth-order valence-corrected chi connectivity index (χ4v) is 3.80. The topological polar surface area (TPSA) is 81.1 Å². The van der Waals surface area contributed by atoms with E-state index >= 15 is 0 Å². The maximum absolute atomic E-state index is 12.5. The van der Waals surface area contributed by atoms with Crippen LogP contribution >= 0.6 is 11.6 Å². The quantitative estimate of drug-likeness (QED) is 0.742. The second-order valence-corrected chi connectivity index (χ2v) is 7.53. The number of benzene rings is 1. The zero-order valence-electron chi connectivity index (χ0n) is 13.0. The van der Waals surface area contributed by atoms with Gasteiger partial charge in [0.1, 0.15) is 5.69 Å². The van der Waals surface area contributed by atoms with Crippen LogP contribution in [0.2, 0.25) is 5.02 Å². The summed E-state index contributed by atoms with van der Waals surface area (Å²) in [4.78, 5) is 16.0. The lowest BCUT2D eigenvalue weighted by atomic mass is 10.2. The molecular weight excluding hydrogens is 362 g/mol. The van der Waals surface area contributed by atoms with E-state index in [9.17, 15) is 13.2 Å². The van der Waals surface area contributed by atoms with Gasteiger partial charge in [0, 0.05) is 23.6 Å². The number of hydrogen-bond donors (Lipinski definition) is 1. The highest BCUT2D eigenvalue weighted by Gasteiger charge is 2.17. The Hall–Kier alpha value is -2.64. The smallest absolute Gasteiger partial charge is 0.274 e. The molecule has 0 atom stereocenters. The minimum atomic E-state index is -3.65. The van der Waals surface area contributed by atoms with E-state index in [1.807, 2.05) is 0 Å². The van der Waals surface area contributed by atoms with Crippen LogP contribution in [0.3, 0.4) is 0 Å². The highest BCUT2D eigenvalue weighted by atomic mass is 35.5. The molecule has 1 amide bonds. The van der Waals surface area contributed by atoms with Crippen LogP contribution in [0.1, 0.15) is 16.1 Å². The van der Waals surface area contributed by atoms with Gasteiger partial charge in [-0.15, -0.1) is 0 Å². The van der Waals surface area contributed by atoms with Crippen molar-refractivity contribution >= 4 is 33.2 Å². The van der Waals surface area contributed by atoms with E-state index in [-0.39, 0.29) is 11.4 Å². The largest absolute Gasteiger partial charge is 0.319 e. The molecule has 1 N–H and O–H groups in total. The summed E-state index contributed by atoms with van der Waals surface area (Å²) in [5.74, 6) is -0.656. The first kappa shape index (κ1) is 17.2. The van der Waals surface area contributed by atoms with Gasteiger partial charge in [-0.05, 0) is 29.8 Å². The molecule has 8 heteroatoms. The second-order valence-electron chi connectivity index (χ2n) is 5.25. The Kier molecular flexibility index (Phi) is 4.87. The number of amides is 1. The molecule has 2 aromatic heterocycles. The number of aromatic nitrogens is 2. The molecule has 0 fully saturated rings. The number of pyridine rings is 1. The van der Waals surface area contributed by atoms with Crippen molar-refractivity contribution in [1.82, 2.24) is 8.96 Å². The minimum Gasteiger partial charge on any atom is -0.319 e. The van der Waals surface area contributed by atoms with Gasteiger partial charge in [-0.2, -0.15) is 0 Å². The molecule has 0 radical (unpaired) electrons. The van der Waals surface area contributed by atoms with Crippen molar-refractivity contribution < 1.29 is 13.2 Å². The second kappa shape index (κ2) is 7.08. The molecule has 3 aromatic rings. The van der Waals surface area contributed by atoms with Crippen LogP contribution in [-0.4, -0.2) is 23.3 Å². The van der Waals surface area contributed by atoms with Crippen molar-refractivity contribution in [3.63, 3.8) is 0 Å². The van der Waals surface area contributed by atoms with Crippen LogP contribution in [0.15, 0.2) is 67.1 Å². The highest BCUT2D eigenvalue weighted by molar-refractivity contribution is 7.89. The standard InChI is InChI=1S/C17H14ClN3O3S/c18-15-6-2-1-5-13(15)12-25(23,24)21-10-8-14(11-21)20-17(22)16-7-3-4-9-19-16/h1-11H,12H2,(H,20,22). The lowest BCUT2D eigenvalue weighted by Crippen LogP contribution is -2.15. The van der Waals surface area contributed by atoms with Crippen LogP contribution in [-0.2, 0) is 15.8 Å². The Labute approximate surface area is 150 Å². The molecule has 0 spiro atoms. The maximum Gasteiger partial charge on any atom is 0.274 e. The Morgan fingerprint density at radius 2 is 1.88 bits per heavy atom. The fraction of sp³-hybridized carbons (Fsp3) is 0.0588. The third-order valence-corrected chi connectivity index (χ3v) is 5.35. The van der Waals surface area contributed by atoms with Crippen molar-refractivity contribution in [2.45, 2.75) is 5.75 Å². The highest BCUT2D eigenvalue weighted by Crippen LogP contribution is 2.20. The van der Waals surface area contributed by atoms with Crippen molar-refractivity contribution in [2.24, 2.45) is 0 Å². The van der Waals surface area contributed by atoms with Crippen molar-refractivity contribution in [1.29, 1.82) is 0 Å². The predicted molar refractivity (Wildman–Crippen MR) is 96.1 cm³/mol. The average Bonchev–Trinajstić information content (AvgIpc) is 3.07. The molecule has 128 valence electrons. The van der Waals surface area contributed by atoms with E-state index in [1.165, 1.54) is 24.7 Å². The molecular formula is C17H14ClN3O3S. The zero-order valence-corrected chi connectivity index (χ0v) is 14.5. The van der Waals surface area contributed by atoms with Crippen molar-refractivity contribution in [3.05, 3.63) is 83.4 Å². The average molecular weight is 376 g/mol. The molecule has 0 aliphatic carbocycles. The van der Waals surface area contributed by atoms with Gasteiger partial charge >= 0.3 is 0 Å². The van der Waals surface area contributed by atoms with E-state index < -0.39 is 15.9 Å². The van der Waals surface area contributed by atoms with Gasteiger partial charge in [0.05, 0.1) is 11.4 Å². The summed E-state index contributed by atoms with van der Waals surface area (Å²) in [6, 6.07) is 13.2. The molecule has 1 aromatic carbocycles. The van der Waals surface area contributed by atoms with Gasteiger partial charge in [-0.3, -0.25) is 13.8 Å². The van der Waals surface area contributed by atoms with E-state index in [4.69, 9.17) is 11.6 Å². The molecule has 3 rings (SSSR count). The molecule has 0 aliphatic rings. The first-order chi connectivity index (χ1) is 12.0. The van der Waals surface area contributed by atoms with Gasteiger partial charge < -0.3 is 5.32 Å². The number of carbonyl (C=O) groups excluding carboxylic acids is 1. The van der Waals surface area contributed by atoms with Crippen LogP contribution in [0, 0.1) is 0 Å². The molecule has 2 heterocycles. The van der Waals surface area contributed by atoms with E-state index in [0.29, 0.717) is 16.3 Å². The lowest BCUT2D eigenvalue weighted by molar-refractivity contribution is 0.102. The van der Waals surface area contributed by atoms with Gasteiger partial charge in [-0.25, -0.2) is 8.42 Å².